The molecule has 0 spiro atoms. The Morgan fingerprint density at radius 2 is 1.88 bits per heavy atom. The summed E-state index contributed by atoms with van der Waals surface area (Å²) in [6.45, 7) is 0.397. The van der Waals surface area contributed by atoms with Crippen LogP contribution in [0.1, 0.15) is 25.7 Å². The zero-order valence-corrected chi connectivity index (χ0v) is 14.3. The van der Waals surface area contributed by atoms with Crippen molar-refractivity contribution in [3.63, 3.8) is 0 Å². The second kappa shape index (κ2) is 8.03. The number of benzene rings is 1. The van der Waals surface area contributed by atoms with Crippen LogP contribution >= 0.6 is 0 Å². The molecule has 2 N–H and O–H groups in total. The van der Waals surface area contributed by atoms with Gasteiger partial charge in [0, 0.05) is 24.1 Å². The van der Waals surface area contributed by atoms with Crippen LogP contribution in [0.2, 0.25) is 0 Å². The first-order chi connectivity index (χ1) is 12.5. The molecule has 0 bridgehead atoms. The molecule has 7 heteroatoms. The summed E-state index contributed by atoms with van der Waals surface area (Å²) in [7, 11) is 0. The molecule has 1 aliphatic carbocycles. The van der Waals surface area contributed by atoms with Crippen LogP contribution < -0.4 is 15.7 Å². The highest BCUT2D eigenvalue weighted by Crippen LogP contribution is 2.28. The number of fused-ring (bicyclic) bond motifs is 1. The fourth-order valence-corrected chi connectivity index (χ4v) is 3.20. The van der Waals surface area contributed by atoms with E-state index in [1.807, 2.05) is 0 Å². The van der Waals surface area contributed by atoms with E-state index in [1.54, 1.807) is 24.3 Å². The quantitative estimate of drug-likeness (QED) is 0.766. The molecule has 3 rings (SSSR count). The Morgan fingerprint density at radius 3 is 2.62 bits per heavy atom. The maximum absolute atomic E-state index is 11.9. The van der Waals surface area contributed by atoms with Crippen molar-refractivity contribution < 1.29 is 23.8 Å². The van der Waals surface area contributed by atoms with Crippen molar-refractivity contribution in [2.45, 2.75) is 25.7 Å². The predicted molar refractivity (Wildman–Crippen MR) is 94.1 cm³/mol. The molecule has 2 aromatic rings. The van der Waals surface area contributed by atoms with Crippen molar-refractivity contribution in [2.75, 3.05) is 13.2 Å². The van der Waals surface area contributed by atoms with Crippen LogP contribution in [0.25, 0.3) is 11.0 Å². The maximum atomic E-state index is 11.9. The van der Waals surface area contributed by atoms with Crippen molar-refractivity contribution in [2.24, 2.45) is 11.8 Å². The Morgan fingerprint density at radius 1 is 1.15 bits per heavy atom. The molecule has 1 heterocycles. The molecular formula is C19H21NO6. The van der Waals surface area contributed by atoms with Crippen molar-refractivity contribution >= 4 is 22.8 Å². The number of nitrogens with one attached hydrogen (secondary N) is 1. The first kappa shape index (κ1) is 18.0. The maximum Gasteiger partial charge on any atom is 0.336 e. The van der Waals surface area contributed by atoms with Crippen LogP contribution in [0.4, 0.5) is 0 Å². The van der Waals surface area contributed by atoms with Crippen LogP contribution in [0.5, 0.6) is 5.75 Å². The topological polar surface area (TPSA) is 106 Å². The van der Waals surface area contributed by atoms with Gasteiger partial charge in [-0.3, -0.25) is 9.59 Å². The van der Waals surface area contributed by atoms with Crippen molar-refractivity contribution in [1.29, 1.82) is 0 Å². The number of carbonyl (C=O) groups is 2. The molecule has 1 saturated carbocycles. The number of ether oxygens (including phenoxy) is 1. The third-order valence-corrected chi connectivity index (χ3v) is 4.75. The Bertz CT molecular complexity index is 850. The molecule has 1 aromatic carbocycles. The van der Waals surface area contributed by atoms with E-state index in [4.69, 9.17) is 14.3 Å². The Labute approximate surface area is 150 Å². The van der Waals surface area contributed by atoms with Crippen molar-refractivity contribution in [3.8, 4) is 5.75 Å². The van der Waals surface area contributed by atoms with Gasteiger partial charge >= 0.3 is 11.6 Å². The molecule has 1 amide bonds. The number of carboxylic acid groups (broad SMARTS) is 1. The van der Waals surface area contributed by atoms with E-state index < -0.39 is 11.6 Å². The summed E-state index contributed by atoms with van der Waals surface area (Å²) in [5, 5.41) is 12.6. The van der Waals surface area contributed by atoms with Gasteiger partial charge in [-0.05, 0) is 49.8 Å². The molecule has 1 aliphatic rings. The number of aliphatic carboxylic acids is 1. The van der Waals surface area contributed by atoms with Crippen LogP contribution in [0, 0.1) is 11.8 Å². The van der Waals surface area contributed by atoms with Gasteiger partial charge in [-0.1, -0.05) is 0 Å². The number of carboxylic acids is 1. The SMILES string of the molecule is O=C(COc1ccc2ccc(=O)oc2c1)NCC1CCC(C(=O)O)CC1. The molecule has 1 fully saturated rings. The Hall–Kier alpha value is -2.83. The number of hydrogen-bond donors (Lipinski definition) is 2. The van der Waals surface area contributed by atoms with Gasteiger partial charge < -0.3 is 19.6 Å². The number of hydrogen-bond acceptors (Lipinski definition) is 5. The van der Waals surface area contributed by atoms with Crippen molar-refractivity contribution in [1.82, 2.24) is 5.32 Å². The second-order valence-electron chi connectivity index (χ2n) is 6.60. The van der Waals surface area contributed by atoms with Crippen LogP contribution in [-0.4, -0.2) is 30.1 Å². The fourth-order valence-electron chi connectivity index (χ4n) is 3.20. The summed E-state index contributed by atoms with van der Waals surface area (Å²) in [4.78, 5) is 34.1. The van der Waals surface area contributed by atoms with Crippen LogP contribution in [0.3, 0.4) is 0 Å². The molecule has 0 saturated heterocycles. The summed E-state index contributed by atoms with van der Waals surface area (Å²) >= 11 is 0. The molecule has 0 atom stereocenters. The molecule has 138 valence electrons. The lowest BCUT2D eigenvalue weighted by Crippen LogP contribution is -2.35. The van der Waals surface area contributed by atoms with Crippen LogP contribution in [-0.2, 0) is 9.59 Å². The highest BCUT2D eigenvalue weighted by Gasteiger charge is 2.25. The monoisotopic (exact) mass is 359 g/mol. The number of rotatable bonds is 6. The molecule has 1 aromatic heterocycles. The highest BCUT2D eigenvalue weighted by atomic mass is 16.5. The molecular weight excluding hydrogens is 338 g/mol. The minimum absolute atomic E-state index is 0.132. The fraction of sp³-hybridized carbons (Fsp3) is 0.421. The summed E-state index contributed by atoms with van der Waals surface area (Å²) in [6, 6.07) is 8.06. The second-order valence-corrected chi connectivity index (χ2v) is 6.60. The largest absolute Gasteiger partial charge is 0.484 e. The molecule has 0 unspecified atom stereocenters. The van der Waals surface area contributed by atoms with Crippen LogP contribution in [0.15, 0.2) is 39.5 Å². The summed E-state index contributed by atoms with van der Waals surface area (Å²) in [6.07, 6.45) is 2.94. The van der Waals surface area contributed by atoms with Gasteiger partial charge in [0.1, 0.15) is 11.3 Å². The first-order valence-electron chi connectivity index (χ1n) is 8.67. The summed E-state index contributed by atoms with van der Waals surface area (Å²) in [5.74, 6) is -0.459. The van der Waals surface area contributed by atoms with E-state index in [0.717, 1.165) is 18.2 Å². The number of amides is 1. The van der Waals surface area contributed by atoms with Gasteiger partial charge in [-0.15, -0.1) is 0 Å². The van der Waals surface area contributed by atoms with E-state index >= 15 is 0 Å². The summed E-state index contributed by atoms with van der Waals surface area (Å²) in [5.41, 5.74) is -0.0318. The van der Waals surface area contributed by atoms with E-state index in [0.29, 0.717) is 36.6 Å². The third kappa shape index (κ3) is 4.62. The first-order valence-corrected chi connectivity index (χ1v) is 8.67. The van der Waals surface area contributed by atoms with Gasteiger partial charge in [0.05, 0.1) is 5.92 Å². The van der Waals surface area contributed by atoms with E-state index in [-0.39, 0.29) is 18.4 Å². The summed E-state index contributed by atoms with van der Waals surface area (Å²) < 4.78 is 10.5. The lowest BCUT2D eigenvalue weighted by atomic mass is 9.82. The smallest absolute Gasteiger partial charge is 0.336 e. The predicted octanol–water partition coefficient (Wildman–Crippen LogP) is 2.18. The lowest BCUT2D eigenvalue weighted by molar-refractivity contribution is -0.143. The van der Waals surface area contributed by atoms with Gasteiger partial charge in [0.25, 0.3) is 5.91 Å². The molecule has 0 aliphatic heterocycles. The van der Waals surface area contributed by atoms with E-state index in [9.17, 15) is 14.4 Å². The Kier molecular flexibility index (Phi) is 5.55. The van der Waals surface area contributed by atoms with Gasteiger partial charge in [-0.25, -0.2) is 4.79 Å². The molecule has 7 nitrogen and oxygen atoms in total. The van der Waals surface area contributed by atoms with Gasteiger partial charge in [0.15, 0.2) is 6.61 Å². The average Bonchev–Trinajstić information content (AvgIpc) is 2.64. The molecule has 0 radical (unpaired) electrons. The lowest BCUT2D eigenvalue weighted by Gasteiger charge is -2.26. The minimum atomic E-state index is -0.730. The van der Waals surface area contributed by atoms with E-state index in [1.165, 1.54) is 6.07 Å². The normalized spacial score (nSPS) is 19.8. The highest BCUT2D eigenvalue weighted by molar-refractivity contribution is 5.79. The average molecular weight is 359 g/mol. The van der Waals surface area contributed by atoms with Crippen molar-refractivity contribution in [3.05, 3.63) is 40.8 Å². The zero-order chi connectivity index (χ0) is 18.5. The third-order valence-electron chi connectivity index (χ3n) is 4.75. The number of carbonyl (C=O) groups excluding carboxylic acids is 1. The molecule has 26 heavy (non-hydrogen) atoms. The van der Waals surface area contributed by atoms with Gasteiger partial charge in [0.2, 0.25) is 0 Å². The minimum Gasteiger partial charge on any atom is -0.484 e. The zero-order valence-electron chi connectivity index (χ0n) is 14.3. The standard InChI is InChI=1S/C19H21NO6/c21-17(20-10-12-1-3-14(4-2-12)19(23)24)11-25-15-7-5-13-6-8-18(22)26-16(13)9-15/h5-9,12,14H,1-4,10-11H2,(H,20,21)(H,23,24). The van der Waals surface area contributed by atoms with E-state index in [2.05, 4.69) is 5.32 Å². The van der Waals surface area contributed by atoms with Gasteiger partial charge in [-0.2, -0.15) is 0 Å². The Balaban J connectivity index is 1.44.